The molecule has 0 atom stereocenters. The van der Waals surface area contributed by atoms with Crippen molar-refractivity contribution in [2.24, 2.45) is 0 Å². The van der Waals surface area contributed by atoms with E-state index in [1.54, 1.807) is 0 Å². The molecule has 5 aromatic carbocycles. The van der Waals surface area contributed by atoms with Gasteiger partial charge in [0.2, 0.25) is 0 Å². The van der Waals surface area contributed by atoms with Crippen LogP contribution < -0.4 is 21.9 Å². The fourth-order valence-corrected chi connectivity index (χ4v) is 6.20. The maximum atomic E-state index is 6.71. The first-order chi connectivity index (χ1) is 17.2. The summed E-state index contributed by atoms with van der Waals surface area (Å²) in [6, 6.07) is 33.8. The van der Waals surface area contributed by atoms with E-state index >= 15 is 0 Å². The highest BCUT2D eigenvalue weighted by Crippen LogP contribution is 2.51. The molecule has 0 fully saturated rings. The number of nitrogens with two attached hydrogens (primary N) is 2. The molecule has 166 valence electrons. The summed E-state index contributed by atoms with van der Waals surface area (Å²) in [6.45, 7) is 0. The maximum absolute atomic E-state index is 6.71. The second-order valence-corrected chi connectivity index (χ2v) is 9.36. The summed E-state index contributed by atoms with van der Waals surface area (Å²) in [5, 5.41) is 7.57. The lowest BCUT2D eigenvalue weighted by Crippen LogP contribution is -2.37. The van der Waals surface area contributed by atoms with Gasteiger partial charge in [0, 0.05) is 11.4 Å². The number of allylic oxidation sites excluding steroid dienone is 4. The van der Waals surface area contributed by atoms with E-state index in [4.69, 9.17) is 11.5 Å². The van der Waals surface area contributed by atoms with Gasteiger partial charge in [0.05, 0.1) is 5.41 Å². The molecule has 0 bridgehead atoms. The Kier molecular flexibility index (Phi) is 4.10. The molecule has 0 radical (unpaired) electrons. The fourth-order valence-electron chi connectivity index (χ4n) is 6.20. The van der Waals surface area contributed by atoms with Crippen molar-refractivity contribution in [3.8, 4) is 0 Å². The Morgan fingerprint density at radius 2 is 1.06 bits per heavy atom. The van der Waals surface area contributed by atoms with Crippen molar-refractivity contribution >= 4 is 44.6 Å². The molecular weight excluding hydrogens is 424 g/mol. The van der Waals surface area contributed by atoms with E-state index in [2.05, 4.69) is 97.1 Å². The number of benzene rings is 5. The molecule has 0 aliphatic heterocycles. The Morgan fingerprint density at radius 3 is 1.69 bits per heavy atom. The molecule has 5 aromatic rings. The van der Waals surface area contributed by atoms with E-state index in [1.165, 1.54) is 43.1 Å². The molecular formula is C33H24N2. The summed E-state index contributed by atoms with van der Waals surface area (Å²) in [5.74, 6) is 0. The van der Waals surface area contributed by atoms with Crippen LogP contribution in [0, 0.1) is 0 Å². The van der Waals surface area contributed by atoms with Gasteiger partial charge in [-0.2, -0.15) is 0 Å². The highest BCUT2D eigenvalue weighted by atomic mass is 14.6. The zero-order valence-corrected chi connectivity index (χ0v) is 19.2. The van der Waals surface area contributed by atoms with Crippen molar-refractivity contribution in [3.05, 3.63) is 142 Å². The fraction of sp³-hybridized carbons (Fsp3) is 0.0303. The van der Waals surface area contributed by atoms with Crippen LogP contribution in [0.25, 0.3) is 33.2 Å². The van der Waals surface area contributed by atoms with Gasteiger partial charge in [0.25, 0.3) is 0 Å². The number of para-hydroxylation sites is 2. The van der Waals surface area contributed by atoms with Crippen LogP contribution in [-0.4, -0.2) is 0 Å². The van der Waals surface area contributed by atoms with E-state index in [9.17, 15) is 0 Å². The van der Waals surface area contributed by atoms with E-state index in [0.29, 0.717) is 0 Å². The van der Waals surface area contributed by atoms with Crippen LogP contribution in [0.15, 0.2) is 121 Å². The van der Waals surface area contributed by atoms with E-state index < -0.39 is 5.41 Å². The van der Waals surface area contributed by atoms with E-state index in [-0.39, 0.29) is 0 Å². The predicted octanol–water partition coefficient (Wildman–Crippen LogP) is 5.58. The van der Waals surface area contributed by atoms with Gasteiger partial charge in [0.1, 0.15) is 0 Å². The first-order valence-electron chi connectivity index (χ1n) is 12.0. The second kappa shape index (κ2) is 7.22. The van der Waals surface area contributed by atoms with Crippen LogP contribution in [0.4, 0.5) is 11.4 Å². The third-order valence-corrected chi connectivity index (χ3v) is 7.60. The summed E-state index contributed by atoms with van der Waals surface area (Å²) in [5.41, 5.74) is 18.9. The molecule has 7 rings (SSSR count). The lowest BCUT2D eigenvalue weighted by Gasteiger charge is -2.38. The van der Waals surface area contributed by atoms with Crippen LogP contribution >= 0.6 is 0 Å². The van der Waals surface area contributed by atoms with Crippen molar-refractivity contribution in [2.75, 3.05) is 11.5 Å². The number of fused-ring (bicyclic) bond motifs is 7. The number of nitrogen functional groups attached to an aromatic ring is 2. The van der Waals surface area contributed by atoms with Crippen molar-refractivity contribution < 1.29 is 0 Å². The van der Waals surface area contributed by atoms with Crippen LogP contribution in [0.1, 0.15) is 11.1 Å². The molecule has 0 spiro atoms. The van der Waals surface area contributed by atoms with Crippen LogP contribution in [0.2, 0.25) is 0 Å². The third-order valence-electron chi connectivity index (χ3n) is 7.60. The maximum Gasteiger partial charge on any atom is 0.0687 e. The van der Waals surface area contributed by atoms with Crippen molar-refractivity contribution in [1.82, 2.24) is 0 Å². The molecule has 0 saturated heterocycles. The summed E-state index contributed by atoms with van der Waals surface area (Å²) in [4.78, 5) is 0. The summed E-state index contributed by atoms with van der Waals surface area (Å²) in [7, 11) is 0. The van der Waals surface area contributed by atoms with Gasteiger partial charge in [-0.15, -0.1) is 0 Å². The quantitative estimate of drug-likeness (QED) is 0.273. The average Bonchev–Trinajstić information content (AvgIpc) is 3.30. The summed E-state index contributed by atoms with van der Waals surface area (Å²) >= 11 is 0. The second-order valence-electron chi connectivity index (χ2n) is 9.36. The van der Waals surface area contributed by atoms with E-state index in [0.717, 1.165) is 22.5 Å². The predicted molar refractivity (Wildman–Crippen MR) is 148 cm³/mol. The normalized spacial score (nSPS) is 15.5. The Balaban J connectivity index is 1.79. The Hall–Kier alpha value is -4.56. The molecule has 0 aromatic heterocycles. The largest absolute Gasteiger partial charge is 0.398 e. The number of hydrogen-bond acceptors (Lipinski definition) is 2. The van der Waals surface area contributed by atoms with Gasteiger partial charge in [-0.3, -0.25) is 0 Å². The smallest absolute Gasteiger partial charge is 0.0687 e. The van der Waals surface area contributed by atoms with Crippen molar-refractivity contribution in [2.45, 2.75) is 5.41 Å². The van der Waals surface area contributed by atoms with Gasteiger partial charge < -0.3 is 11.5 Å². The minimum Gasteiger partial charge on any atom is -0.398 e. The monoisotopic (exact) mass is 448 g/mol. The molecule has 2 heteroatoms. The molecule has 2 aliphatic rings. The lowest BCUT2D eigenvalue weighted by molar-refractivity contribution is 0.837. The van der Waals surface area contributed by atoms with Crippen LogP contribution in [0.5, 0.6) is 0 Å². The number of hydrogen-bond donors (Lipinski definition) is 2. The zero-order chi connectivity index (χ0) is 23.6. The Morgan fingerprint density at radius 1 is 0.543 bits per heavy atom. The van der Waals surface area contributed by atoms with Gasteiger partial charge in [-0.05, 0) is 72.5 Å². The summed E-state index contributed by atoms with van der Waals surface area (Å²) < 4.78 is 0. The van der Waals surface area contributed by atoms with E-state index in [1.807, 2.05) is 24.3 Å². The van der Waals surface area contributed by atoms with Gasteiger partial charge in [0.15, 0.2) is 0 Å². The van der Waals surface area contributed by atoms with Crippen LogP contribution in [-0.2, 0) is 5.41 Å². The highest BCUT2D eigenvalue weighted by Gasteiger charge is 2.42. The van der Waals surface area contributed by atoms with Gasteiger partial charge in [-0.1, -0.05) is 103 Å². The number of anilines is 2. The SMILES string of the molecule is Nc1ccccc1C1(c2ccccc2N)C=CC=C2C=c3c(c4ccccc4c4ccccc34)=C21. The summed E-state index contributed by atoms with van der Waals surface area (Å²) in [6.07, 6.45) is 8.99. The molecule has 0 unspecified atom stereocenters. The van der Waals surface area contributed by atoms with Gasteiger partial charge >= 0.3 is 0 Å². The zero-order valence-electron chi connectivity index (χ0n) is 19.2. The minimum atomic E-state index is -0.617. The van der Waals surface area contributed by atoms with Gasteiger partial charge in [-0.25, -0.2) is 0 Å². The third kappa shape index (κ3) is 2.59. The highest BCUT2D eigenvalue weighted by molar-refractivity contribution is 6.12. The average molecular weight is 449 g/mol. The lowest BCUT2D eigenvalue weighted by atomic mass is 9.64. The molecule has 0 saturated carbocycles. The van der Waals surface area contributed by atoms with Crippen molar-refractivity contribution in [3.63, 3.8) is 0 Å². The first kappa shape index (κ1) is 19.9. The number of rotatable bonds is 2. The molecule has 2 nitrogen and oxygen atoms in total. The first-order valence-corrected chi connectivity index (χ1v) is 12.0. The Labute approximate surface area is 203 Å². The molecule has 2 aliphatic carbocycles. The van der Waals surface area contributed by atoms with Crippen LogP contribution in [0.3, 0.4) is 0 Å². The molecule has 0 heterocycles. The molecule has 0 amide bonds. The topological polar surface area (TPSA) is 52.0 Å². The Bertz CT molecular complexity index is 1830. The molecule has 35 heavy (non-hydrogen) atoms. The minimum absolute atomic E-state index is 0.617. The molecule has 4 N–H and O–H groups in total. The standard InChI is InChI=1S/C33H24N2/c34-29-17-7-5-15-27(29)33(28-16-6-8-18-30(28)35)19-9-10-21-20-26-24-13-2-1-11-22(24)23-12-3-4-14-25(23)31(26)32(21)33/h1-20H,34-35H2. The van der Waals surface area contributed by atoms with Crippen molar-refractivity contribution in [1.29, 1.82) is 0 Å².